The van der Waals surface area contributed by atoms with E-state index in [0.29, 0.717) is 19.8 Å². The van der Waals surface area contributed by atoms with Crippen LogP contribution in [-0.4, -0.2) is 56.5 Å². The van der Waals surface area contributed by atoms with Gasteiger partial charge in [0.15, 0.2) is 5.79 Å². The van der Waals surface area contributed by atoms with Gasteiger partial charge in [0.2, 0.25) is 5.91 Å². The first-order chi connectivity index (χ1) is 7.26. The lowest BCUT2D eigenvalue weighted by Crippen LogP contribution is -2.49. The maximum absolute atomic E-state index is 11.6. The van der Waals surface area contributed by atoms with E-state index in [1.165, 1.54) is 0 Å². The molecule has 1 amide bonds. The highest BCUT2D eigenvalue weighted by molar-refractivity contribution is 5.78. The zero-order chi connectivity index (χ0) is 10.7. The van der Waals surface area contributed by atoms with Gasteiger partial charge < -0.3 is 19.7 Å². The molecule has 0 aromatic rings. The van der Waals surface area contributed by atoms with E-state index in [2.05, 4.69) is 5.32 Å². The molecule has 2 saturated heterocycles. The number of ether oxygens (including phenoxy) is 2. The van der Waals surface area contributed by atoms with E-state index in [9.17, 15) is 4.79 Å². The van der Waals surface area contributed by atoms with Gasteiger partial charge in [-0.3, -0.25) is 4.79 Å². The van der Waals surface area contributed by atoms with Crippen molar-refractivity contribution in [1.29, 1.82) is 0 Å². The van der Waals surface area contributed by atoms with E-state index < -0.39 is 0 Å². The van der Waals surface area contributed by atoms with Crippen LogP contribution in [0.15, 0.2) is 0 Å². The fourth-order valence-electron chi connectivity index (χ4n) is 2.15. The van der Waals surface area contributed by atoms with E-state index in [1.807, 2.05) is 4.90 Å². The molecule has 15 heavy (non-hydrogen) atoms. The molecule has 0 unspecified atom stereocenters. The summed E-state index contributed by atoms with van der Waals surface area (Å²) in [4.78, 5) is 13.5. The molecule has 0 aromatic heterocycles. The third-order valence-electron chi connectivity index (χ3n) is 3.02. The number of rotatable bonds is 2. The molecule has 1 spiro atoms. The molecule has 2 aliphatic rings. The SMILES string of the molecule is CNCC(=O)N1CCC2(CC1)OCCO2. The molecular weight excluding hydrogens is 196 g/mol. The number of carbonyl (C=O) groups is 1. The van der Waals surface area contributed by atoms with Gasteiger partial charge in [-0.25, -0.2) is 0 Å². The van der Waals surface area contributed by atoms with E-state index in [1.54, 1.807) is 7.05 Å². The lowest BCUT2D eigenvalue weighted by atomic mass is 10.0. The largest absolute Gasteiger partial charge is 0.347 e. The average molecular weight is 214 g/mol. The lowest BCUT2D eigenvalue weighted by Gasteiger charge is -2.37. The van der Waals surface area contributed by atoms with Gasteiger partial charge in [0.05, 0.1) is 19.8 Å². The fraction of sp³-hybridized carbons (Fsp3) is 0.900. The van der Waals surface area contributed by atoms with Crippen molar-refractivity contribution in [3.8, 4) is 0 Å². The van der Waals surface area contributed by atoms with Crippen LogP contribution in [0.1, 0.15) is 12.8 Å². The highest BCUT2D eigenvalue weighted by atomic mass is 16.7. The molecule has 86 valence electrons. The van der Waals surface area contributed by atoms with Gasteiger partial charge in [0.1, 0.15) is 0 Å². The quantitative estimate of drug-likeness (QED) is 0.678. The third kappa shape index (κ3) is 2.30. The number of nitrogens with one attached hydrogen (secondary N) is 1. The number of amides is 1. The lowest BCUT2D eigenvalue weighted by molar-refractivity contribution is -0.187. The second kappa shape index (κ2) is 4.47. The van der Waals surface area contributed by atoms with Gasteiger partial charge in [-0.05, 0) is 7.05 Å². The maximum Gasteiger partial charge on any atom is 0.236 e. The summed E-state index contributed by atoms with van der Waals surface area (Å²) in [5.74, 6) is -0.221. The second-order valence-electron chi connectivity index (χ2n) is 4.02. The van der Waals surface area contributed by atoms with Crippen LogP contribution < -0.4 is 5.32 Å². The first kappa shape index (κ1) is 10.9. The topological polar surface area (TPSA) is 50.8 Å². The summed E-state index contributed by atoms with van der Waals surface area (Å²) in [5.41, 5.74) is 0. The van der Waals surface area contributed by atoms with Gasteiger partial charge in [-0.1, -0.05) is 0 Å². The van der Waals surface area contributed by atoms with Gasteiger partial charge in [0, 0.05) is 25.9 Å². The Bertz CT molecular complexity index is 229. The van der Waals surface area contributed by atoms with E-state index in [-0.39, 0.29) is 11.7 Å². The monoisotopic (exact) mass is 214 g/mol. The standard InChI is InChI=1S/C10H18N2O3/c1-11-8-9(13)12-4-2-10(3-5-12)14-6-7-15-10/h11H,2-8H2,1H3. The summed E-state index contributed by atoms with van der Waals surface area (Å²) in [7, 11) is 1.78. The minimum atomic E-state index is -0.379. The van der Waals surface area contributed by atoms with Gasteiger partial charge >= 0.3 is 0 Å². The Morgan fingerprint density at radius 3 is 2.47 bits per heavy atom. The number of hydrogen-bond acceptors (Lipinski definition) is 4. The normalized spacial score (nSPS) is 24.7. The van der Waals surface area contributed by atoms with Gasteiger partial charge in [-0.2, -0.15) is 0 Å². The van der Waals surface area contributed by atoms with E-state index in [4.69, 9.17) is 9.47 Å². The first-order valence-electron chi connectivity index (χ1n) is 5.46. The van der Waals surface area contributed by atoms with E-state index >= 15 is 0 Å². The van der Waals surface area contributed by atoms with Crippen LogP contribution >= 0.6 is 0 Å². The van der Waals surface area contributed by atoms with Crippen molar-refractivity contribution in [3.05, 3.63) is 0 Å². The number of hydrogen-bond donors (Lipinski definition) is 1. The minimum Gasteiger partial charge on any atom is -0.347 e. The molecule has 2 heterocycles. The minimum absolute atomic E-state index is 0.158. The number of piperidine rings is 1. The van der Waals surface area contributed by atoms with Crippen LogP contribution in [0.25, 0.3) is 0 Å². The van der Waals surface area contributed by atoms with Crippen molar-refractivity contribution in [2.45, 2.75) is 18.6 Å². The van der Waals surface area contributed by atoms with Crippen LogP contribution in [0.3, 0.4) is 0 Å². The Balaban J connectivity index is 1.83. The number of carbonyl (C=O) groups excluding carboxylic acids is 1. The summed E-state index contributed by atoms with van der Waals surface area (Å²) in [5, 5.41) is 2.87. The summed E-state index contributed by atoms with van der Waals surface area (Å²) in [6, 6.07) is 0. The molecule has 0 atom stereocenters. The Kier molecular flexibility index (Phi) is 3.23. The molecule has 2 rings (SSSR count). The van der Waals surface area contributed by atoms with Crippen molar-refractivity contribution in [2.75, 3.05) is 39.9 Å². The molecule has 0 aromatic carbocycles. The fourth-order valence-corrected chi connectivity index (χ4v) is 2.15. The predicted octanol–water partition coefficient (Wildman–Crippen LogP) is -0.429. The van der Waals surface area contributed by atoms with Crippen molar-refractivity contribution in [1.82, 2.24) is 10.2 Å². The number of nitrogens with zero attached hydrogens (tertiary/aromatic N) is 1. The number of likely N-dealkylation sites (tertiary alicyclic amines) is 1. The van der Waals surface area contributed by atoms with Crippen molar-refractivity contribution < 1.29 is 14.3 Å². The van der Waals surface area contributed by atoms with Crippen LogP contribution in [0.5, 0.6) is 0 Å². The van der Waals surface area contributed by atoms with Crippen molar-refractivity contribution in [3.63, 3.8) is 0 Å². The Hall–Kier alpha value is -0.650. The van der Waals surface area contributed by atoms with Crippen LogP contribution in [0.4, 0.5) is 0 Å². The Morgan fingerprint density at radius 1 is 1.33 bits per heavy atom. The molecule has 0 saturated carbocycles. The summed E-state index contributed by atoms with van der Waals surface area (Å²) < 4.78 is 11.2. The zero-order valence-electron chi connectivity index (χ0n) is 9.12. The molecule has 5 nitrogen and oxygen atoms in total. The van der Waals surface area contributed by atoms with Crippen LogP contribution in [0, 0.1) is 0 Å². The molecule has 0 aliphatic carbocycles. The van der Waals surface area contributed by atoms with Crippen LogP contribution in [0.2, 0.25) is 0 Å². The van der Waals surface area contributed by atoms with Gasteiger partial charge in [0.25, 0.3) is 0 Å². The average Bonchev–Trinajstić information content (AvgIpc) is 2.68. The molecule has 5 heteroatoms. The van der Waals surface area contributed by atoms with Crippen molar-refractivity contribution in [2.24, 2.45) is 0 Å². The Labute approximate surface area is 89.7 Å². The highest BCUT2D eigenvalue weighted by Crippen LogP contribution is 2.31. The Morgan fingerprint density at radius 2 is 1.93 bits per heavy atom. The molecule has 0 radical (unpaired) electrons. The molecule has 2 aliphatic heterocycles. The van der Waals surface area contributed by atoms with Crippen molar-refractivity contribution >= 4 is 5.91 Å². The molecule has 1 N–H and O–H groups in total. The van der Waals surface area contributed by atoms with E-state index in [0.717, 1.165) is 25.9 Å². The second-order valence-corrected chi connectivity index (χ2v) is 4.02. The number of likely N-dealkylation sites (N-methyl/N-ethyl adjacent to an activating group) is 1. The highest BCUT2D eigenvalue weighted by Gasteiger charge is 2.40. The molecular formula is C10H18N2O3. The molecule has 2 fully saturated rings. The third-order valence-corrected chi connectivity index (χ3v) is 3.02. The maximum atomic E-state index is 11.6. The van der Waals surface area contributed by atoms with Gasteiger partial charge in [-0.15, -0.1) is 0 Å². The zero-order valence-corrected chi connectivity index (χ0v) is 9.12. The molecule has 0 bridgehead atoms. The first-order valence-corrected chi connectivity index (χ1v) is 5.46. The summed E-state index contributed by atoms with van der Waals surface area (Å²) in [6.45, 7) is 3.25. The van der Waals surface area contributed by atoms with Crippen LogP contribution in [-0.2, 0) is 14.3 Å². The smallest absolute Gasteiger partial charge is 0.236 e. The summed E-state index contributed by atoms with van der Waals surface area (Å²) in [6.07, 6.45) is 1.59. The predicted molar refractivity (Wildman–Crippen MR) is 54.4 cm³/mol. The summed E-state index contributed by atoms with van der Waals surface area (Å²) >= 11 is 0.